The van der Waals surface area contributed by atoms with Crippen LogP contribution in [0.1, 0.15) is 61.7 Å². The second-order valence-electron chi connectivity index (χ2n) is 7.56. The van der Waals surface area contributed by atoms with Crippen molar-refractivity contribution in [1.29, 1.82) is 0 Å². The third-order valence-corrected chi connectivity index (χ3v) is 6.05. The van der Waals surface area contributed by atoms with Gasteiger partial charge in [-0.25, -0.2) is 0 Å². The zero-order valence-electron chi connectivity index (χ0n) is 15.0. The van der Waals surface area contributed by atoms with Crippen LogP contribution in [-0.2, 0) is 10.2 Å². The van der Waals surface area contributed by atoms with Gasteiger partial charge in [-0.15, -0.1) is 0 Å². The molecule has 6 heteroatoms. The van der Waals surface area contributed by atoms with Gasteiger partial charge in [0.25, 0.3) is 0 Å². The summed E-state index contributed by atoms with van der Waals surface area (Å²) in [6.07, 6.45) is -0.321. The average molecular weight is 356 g/mol. The third kappa shape index (κ3) is 1.80. The Morgan fingerprint density at radius 1 is 1.15 bits per heavy atom. The molecule has 0 saturated carbocycles. The summed E-state index contributed by atoms with van der Waals surface area (Å²) in [6.45, 7) is 6.88. The summed E-state index contributed by atoms with van der Waals surface area (Å²) in [5, 5.41) is 31.9. The summed E-state index contributed by atoms with van der Waals surface area (Å²) in [7, 11) is 0. The fraction of sp³-hybridized carbons (Fsp3) is 0.400. The molecule has 2 aliphatic carbocycles. The molecule has 3 atom stereocenters. The van der Waals surface area contributed by atoms with Crippen molar-refractivity contribution in [2.75, 3.05) is 0 Å². The Bertz CT molecular complexity index is 967. The van der Waals surface area contributed by atoms with Gasteiger partial charge in [0.1, 0.15) is 18.0 Å². The van der Waals surface area contributed by atoms with Crippen molar-refractivity contribution in [3.8, 4) is 17.2 Å². The number of benzene rings is 1. The number of hydrogen-bond acceptors (Lipinski definition) is 6. The van der Waals surface area contributed by atoms with E-state index in [0.29, 0.717) is 16.7 Å². The first-order chi connectivity index (χ1) is 12.1. The normalized spacial score (nSPS) is 29.8. The molecule has 4 rings (SSSR count). The summed E-state index contributed by atoms with van der Waals surface area (Å²) in [4.78, 5) is 25.3. The fourth-order valence-corrected chi connectivity index (χ4v) is 4.44. The molecule has 0 unspecified atom stereocenters. The molecule has 0 amide bonds. The number of rotatable bonds is 0. The van der Waals surface area contributed by atoms with Gasteiger partial charge in [-0.05, 0) is 43.6 Å². The Hall–Kier alpha value is -2.60. The first-order valence-corrected chi connectivity index (χ1v) is 8.54. The van der Waals surface area contributed by atoms with Crippen LogP contribution in [0.5, 0.6) is 17.2 Å². The predicted octanol–water partition coefficient (Wildman–Crippen LogP) is 2.60. The number of aliphatic hydroxyl groups excluding tert-OH is 1. The minimum Gasteiger partial charge on any atom is -0.507 e. The molecule has 0 radical (unpaired) electrons. The Labute approximate surface area is 150 Å². The molecule has 1 heterocycles. The van der Waals surface area contributed by atoms with Crippen LogP contribution in [0.25, 0.3) is 0 Å². The van der Waals surface area contributed by atoms with Crippen molar-refractivity contribution in [3.63, 3.8) is 0 Å². The minimum atomic E-state index is -1.15. The number of Topliss-reactive ketones (excluding diaryl/α,β-unsaturated/α-hetero) is 1. The second kappa shape index (κ2) is 4.98. The number of carbonyl (C=O) groups excluding carboxylic acids is 2. The van der Waals surface area contributed by atoms with Crippen LogP contribution in [0.3, 0.4) is 0 Å². The zero-order valence-corrected chi connectivity index (χ0v) is 15.0. The van der Waals surface area contributed by atoms with Crippen LogP contribution in [-0.4, -0.2) is 33.0 Å². The molecule has 1 aromatic carbocycles. The van der Waals surface area contributed by atoms with Crippen LogP contribution in [0.15, 0.2) is 22.8 Å². The molecule has 1 aliphatic heterocycles. The van der Waals surface area contributed by atoms with Crippen LogP contribution >= 0.6 is 0 Å². The molecule has 3 N–H and O–H groups in total. The standard InChI is InChI=1S/C20H20O6/c1-7-8(2)12(22)6-20(4)10(7)5-11(21)13-15(20)18(25)19-14(17(13)24)16(23)9(3)26-19/h5,9,16,23-25H,6H2,1-4H3/t9-,16-,20-/m0/s1. The van der Waals surface area contributed by atoms with Gasteiger partial charge >= 0.3 is 0 Å². The van der Waals surface area contributed by atoms with E-state index in [0.717, 1.165) is 0 Å². The highest BCUT2D eigenvalue weighted by Crippen LogP contribution is 2.59. The smallest absolute Gasteiger partial charge is 0.190 e. The quantitative estimate of drug-likeness (QED) is 0.617. The van der Waals surface area contributed by atoms with E-state index in [1.54, 1.807) is 27.7 Å². The second-order valence-corrected chi connectivity index (χ2v) is 7.56. The van der Waals surface area contributed by atoms with E-state index in [9.17, 15) is 24.9 Å². The number of allylic oxidation sites excluding steroid dienone is 4. The van der Waals surface area contributed by atoms with E-state index in [1.165, 1.54) is 6.08 Å². The average Bonchev–Trinajstić information content (AvgIpc) is 2.87. The Balaban J connectivity index is 2.09. The lowest BCUT2D eigenvalue weighted by Gasteiger charge is -2.41. The van der Waals surface area contributed by atoms with Crippen molar-refractivity contribution in [2.45, 2.75) is 51.7 Å². The number of aromatic hydroxyl groups is 2. The summed E-state index contributed by atoms with van der Waals surface area (Å²) >= 11 is 0. The zero-order chi connectivity index (χ0) is 19.1. The van der Waals surface area contributed by atoms with Gasteiger partial charge in [0.2, 0.25) is 0 Å². The van der Waals surface area contributed by atoms with E-state index in [1.807, 2.05) is 0 Å². The number of carbonyl (C=O) groups is 2. The van der Waals surface area contributed by atoms with Crippen molar-refractivity contribution in [2.24, 2.45) is 0 Å². The summed E-state index contributed by atoms with van der Waals surface area (Å²) in [5.41, 5.74) is 1.15. The number of aliphatic hydroxyl groups is 1. The summed E-state index contributed by atoms with van der Waals surface area (Å²) in [6, 6.07) is 0. The van der Waals surface area contributed by atoms with Crippen molar-refractivity contribution >= 4 is 11.6 Å². The highest BCUT2D eigenvalue weighted by molar-refractivity contribution is 6.13. The van der Waals surface area contributed by atoms with E-state index in [4.69, 9.17) is 4.74 Å². The Morgan fingerprint density at radius 3 is 2.46 bits per heavy atom. The van der Waals surface area contributed by atoms with Gasteiger partial charge in [0.15, 0.2) is 23.1 Å². The largest absolute Gasteiger partial charge is 0.507 e. The molecule has 0 saturated heterocycles. The van der Waals surface area contributed by atoms with Gasteiger partial charge in [0, 0.05) is 17.4 Å². The third-order valence-electron chi connectivity index (χ3n) is 6.05. The number of hydrogen-bond donors (Lipinski definition) is 3. The Kier molecular flexibility index (Phi) is 3.22. The molecule has 1 aromatic rings. The highest BCUT2D eigenvalue weighted by Gasteiger charge is 2.50. The monoisotopic (exact) mass is 356 g/mol. The highest BCUT2D eigenvalue weighted by atomic mass is 16.5. The maximum absolute atomic E-state index is 12.8. The molecule has 6 nitrogen and oxygen atoms in total. The molecular weight excluding hydrogens is 336 g/mol. The number of ether oxygens (including phenoxy) is 1. The maximum atomic E-state index is 12.8. The minimum absolute atomic E-state index is 0.0205. The van der Waals surface area contributed by atoms with Gasteiger partial charge in [-0.1, -0.05) is 6.92 Å². The number of phenolic OH excluding ortho intramolecular Hbond substituents is 2. The van der Waals surface area contributed by atoms with Crippen LogP contribution < -0.4 is 4.74 Å². The fourth-order valence-electron chi connectivity index (χ4n) is 4.44. The van der Waals surface area contributed by atoms with Gasteiger partial charge < -0.3 is 20.1 Å². The molecule has 0 spiro atoms. The lowest BCUT2D eigenvalue weighted by Crippen LogP contribution is -2.38. The predicted molar refractivity (Wildman–Crippen MR) is 92.6 cm³/mol. The van der Waals surface area contributed by atoms with Crippen LogP contribution in [0.2, 0.25) is 0 Å². The van der Waals surface area contributed by atoms with Gasteiger partial charge in [-0.3, -0.25) is 9.59 Å². The topological polar surface area (TPSA) is 104 Å². The molecule has 26 heavy (non-hydrogen) atoms. The first-order valence-electron chi connectivity index (χ1n) is 8.54. The van der Waals surface area contributed by atoms with Crippen molar-refractivity contribution in [1.82, 2.24) is 0 Å². The number of fused-ring (bicyclic) bond motifs is 4. The van der Waals surface area contributed by atoms with Crippen LogP contribution in [0, 0.1) is 0 Å². The molecule has 136 valence electrons. The van der Waals surface area contributed by atoms with E-state index < -0.39 is 23.4 Å². The van der Waals surface area contributed by atoms with Crippen molar-refractivity contribution < 1.29 is 29.6 Å². The number of ketones is 2. The lowest BCUT2D eigenvalue weighted by atomic mass is 9.61. The Morgan fingerprint density at radius 2 is 1.81 bits per heavy atom. The summed E-state index contributed by atoms with van der Waals surface area (Å²) in [5.74, 6) is -1.24. The summed E-state index contributed by atoms with van der Waals surface area (Å²) < 4.78 is 5.54. The van der Waals surface area contributed by atoms with Crippen molar-refractivity contribution in [3.05, 3.63) is 39.5 Å². The molecular formula is C20H20O6. The SMILES string of the molecule is CC1=C(C)C2=CC(=O)c3c(O)c4c(c(O)c3[C@@]2(C)CC1=O)O[C@@H](C)[C@@H]4O. The molecule has 3 aliphatic rings. The number of phenols is 2. The molecule has 0 fully saturated rings. The van der Waals surface area contributed by atoms with E-state index in [-0.39, 0.29) is 46.1 Å². The molecule has 0 bridgehead atoms. The lowest BCUT2D eigenvalue weighted by molar-refractivity contribution is -0.116. The van der Waals surface area contributed by atoms with Gasteiger partial charge in [0.05, 0.1) is 11.1 Å². The van der Waals surface area contributed by atoms with Gasteiger partial charge in [-0.2, -0.15) is 0 Å². The van der Waals surface area contributed by atoms with E-state index in [2.05, 4.69) is 0 Å². The first kappa shape index (κ1) is 16.8. The molecule has 0 aromatic heterocycles. The van der Waals surface area contributed by atoms with Crippen LogP contribution in [0.4, 0.5) is 0 Å². The maximum Gasteiger partial charge on any atom is 0.190 e. The van der Waals surface area contributed by atoms with E-state index >= 15 is 0 Å².